The van der Waals surface area contributed by atoms with Crippen LogP contribution in [0.1, 0.15) is 32.6 Å². The molecule has 558 valence electrons. The molecule has 0 aromatic carbocycles. The third-order valence-electron chi connectivity index (χ3n) is 15.5. The summed E-state index contributed by atoms with van der Waals surface area (Å²) >= 11 is 0. The number of hydrogen-bond acceptors (Lipinski definition) is 34. The molecule has 0 fully saturated rings. The largest absolute Gasteiger partial charge is 0.330 e. The van der Waals surface area contributed by atoms with Crippen molar-refractivity contribution in [1.82, 2.24) is 80.2 Å². The van der Waals surface area contributed by atoms with E-state index in [4.69, 9.17) is 104 Å². The van der Waals surface area contributed by atoms with Crippen LogP contribution in [0.5, 0.6) is 0 Å². The molecule has 0 bridgehead atoms. The van der Waals surface area contributed by atoms with Crippen molar-refractivity contribution < 1.29 is 0 Å². The van der Waals surface area contributed by atoms with Crippen molar-refractivity contribution in [2.75, 3.05) is 347 Å². The van der Waals surface area contributed by atoms with E-state index >= 15 is 0 Å². The highest BCUT2D eigenvalue weighted by Gasteiger charge is 2.15. The summed E-state index contributed by atoms with van der Waals surface area (Å²) in [6.07, 6.45) is 4.50. The summed E-state index contributed by atoms with van der Waals surface area (Å²) in [5.74, 6) is 29.4. The van der Waals surface area contributed by atoms with E-state index < -0.39 is 0 Å². The second kappa shape index (κ2) is 73.9. The van der Waals surface area contributed by atoms with E-state index in [1.54, 1.807) is 25.0 Å². The Labute approximate surface area is 561 Å². The summed E-state index contributed by atoms with van der Waals surface area (Å²) in [4.78, 5) is 19.3. The molecule has 92 heavy (non-hydrogen) atoms. The summed E-state index contributed by atoms with van der Waals surface area (Å²) in [6.45, 7) is 46.3. The fourth-order valence-corrected chi connectivity index (χ4v) is 10.00. The van der Waals surface area contributed by atoms with Gasteiger partial charge in [0.05, 0.1) is 0 Å². The minimum absolute atomic E-state index is 0.535. The van der Waals surface area contributed by atoms with E-state index in [0.29, 0.717) is 131 Å². The molecular formula is C58H156N34. The van der Waals surface area contributed by atoms with Gasteiger partial charge in [-0.05, 0) is 32.4 Å². The summed E-state index contributed by atoms with van der Waals surface area (Å²) in [7, 11) is 0. The maximum absolute atomic E-state index is 5.96. The molecule has 0 spiro atoms. The molecule has 0 rings (SSSR count). The molecule has 0 aliphatic rings. The van der Waals surface area contributed by atoms with Crippen LogP contribution in [0.25, 0.3) is 0 Å². The minimum Gasteiger partial charge on any atom is -0.330 e. The average molecular weight is 1330 g/mol. The number of nitrogens with two attached hydrogens (primary N) is 18. The molecule has 0 saturated carbocycles. The Hall–Kier alpha value is -1.36. The number of unbranched alkanes of at least 4 members (excludes halogenated alkanes) is 2. The molecule has 0 aliphatic heterocycles. The van der Waals surface area contributed by atoms with Crippen molar-refractivity contribution >= 4 is 0 Å². The van der Waals surface area contributed by atoms with Crippen LogP contribution in [-0.4, -0.2) is 411 Å². The maximum Gasteiger partial charge on any atom is 0.0271 e. The molecule has 0 atom stereocenters. The first-order valence-corrected chi connectivity index (χ1v) is 35.2. The molecule has 0 heterocycles. The van der Waals surface area contributed by atoms with Crippen molar-refractivity contribution in [1.29, 1.82) is 0 Å². The lowest BCUT2D eigenvalue weighted by Gasteiger charge is -2.30. The molecule has 0 saturated heterocycles. The van der Waals surface area contributed by atoms with Crippen LogP contribution in [-0.2, 0) is 0 Å². The van der Waals surface area contributed by atoms with Gasteiger partial charge >= 0.3 is 0 Å². The van der Waals surface area contributed by atoms with Crippen LogP contribution in [0.4, 0.5) is 0 Å². The number of nitrogens with one attached hydrogen (secondary N) is 3. The van der Waals surface area contributed by atoms with Crippen LogP contribution in [0.3, 0.4) is 0 Å². The van der Waals surface area contributed by atoms with Gasteiger partial charge in [-0.25, -0.2) is 25.0 Å². The van der Waals surface area contributed by atoms with Gasteiger partial charge in [0, 0.05) is 334 Å². The molecule has 0 unspecified atom stereocenters. The van der Waals surface area contributed by atoms with Gasteiger partial charge in [-0.3, -0.25) is 63.5 Å². The highest BCUT2D eigenvalue weighted by atomic mass is 15.5. The van der Waals surface area contributed by atoms with Crippen molar-refractivity contribution in [3.05, 3.63) is 0 Å². The Morgan fingerprint density at radius 2 is 0.380 bits per heavy atom. The second-order valence-corrected chi connectivity index (χ2v) is 23.5. The lowest BCUT2D eigenvalue weighted by molar-refractivity contribution is 0.156. The predicted molar refractivity (Wildman–Crippen MR) is 391 cm³/mol. The lowest BCUT2D eigenvalue weighted by Crippen LogP contribution is -2.49. The van der Waals surface area contributed by atoms with Gasteiger partial charge in [0.15, 0.2) is 0 Å². The third kappa shape index (κ3) is 64.6. The maximum atomic E-state index is 5.96. The molecule has 0 aromatic rings. The Morgan fingerprint density at radius 3 is 0.630 bits per heavy atom. The van der Waals surface area contributed by atoms with Gasteiger partial charge in [0.2, 0.25) is 0 Å². The molecule has 0 aliphatic carbocycles. The minimum atomic E-state index is 0.535. The van der Waals surface area contributed by atoms with E-state index in [1.165, 1.54) is 12.8 Å². The highest BCUT2D eigenvalue weighted by Crippen LogP contribution is 2.02. The quantitative estimate of drug-likeness (QED) is 0.0153. The zero-order valence-corrected chi connectivity index (χ0v) is 59.0. The number of hydrogen-bond donors (Lipinski definition) is 21. The van der Waals surface area contributed by atoms with Crippen molar-refractivity contribution in [2.24, 2.45) is 104 Å². The molecule has 0 amide bonds. The van der Waals surface area contributed by atoms with E-state index in [-0.39, 0.29) is 0 Å². The van der Waals surface area contributed by atoms with Gasteiger partial charge in [-0.1, -0.05) is 13.3 Å². The normalized spacial score (nSPS) is 12.3. The van der Waals surface area contributed by atoms with Crippen LogP contribution < -0.4 is 120 Å². The SMILES string of the molecule is CCCN(N)CCN(N)CCN(N)CCN(N)CCN(N)CCN.NCCCCCN(CCN(CCN)CCN)CCN(CCNCCN)CCNCCN(CCN)CCN.NCCN(CCN)CCNCCN(CCN)CCN(CCN)CCN(CCN)CCN. The van der Waals surface area contributed by atoms with E-state index in [0.717, 1.165) is 229 Å². The molecule has 39 N–H and O–H groups in total. The first-order chi connectivity index (χ1) is 44.7. The zero-order chi connectivity index (χ0) is 68.9. The lowest BCUT2D eigenvalue weighted by atomic mass is 10.2. The van der Waals surface area contributed by atoms with Crippen LogP contribution in [0.15, 0.2) is 0 Å². The first-order valence-electron chi connectivity index (χ1n) is 35.2. The first kappa shape index (κ1) is 94.8. The summed E-state index contributed by atoms with van der Waals surface area (Å²) in [5.41, 5.74) is 74.3. The topological polar surface area (TPSA) is 547 Å². The fraction of sp³-hybridized carbons (Fsp3) is 1.00. The Morgan fingerprint density at radius 1 is 0.174 bits per heavy atom. The average Bonchev–Trinajstić information content (AvgIpc) is 3.38. The van der Waals surface area contributed by atoms with E-state index in [1.807, 2.05) is 0 Å². The predicted octanol–water partition coefficient (Wildman–Crippen LogP) is -11.9. The molecule has 34 heteroatoms. The van der Waals surface area contributed by atoms with Gasteiger partial charge < -0.3 is 95.4 Å². The standard InChI is InChI=1S/C25H64N12.C20H53N11.C13H39N11/c26-4-2-1-3-14-34(22-24-36(17-8-30)18-9-31)23-25-37(20-11-32-10-5-27)21-13-33-12-19-35(15-6-28)16-7-29;21-1-9-28(10-2-22)15-7-27-8-16-30(13-5-25)18-20-31(14-6-26)19-17-29(11-3-23)12-4-24;1-2-4-20(15)6-8-22(17)10-12-24(19)13-11-23(18)9-7-21(16)5-3-14/h32-33H,1-31H2;27H,1-26H2;2-19H2,1H3. The summed E-state index contributed by atoms with van der Waals surface area (Å²) < 4.78 is 0. The van der Waals surface area contributed by atoms with Crippen molar-refractivity contribution in [2.45, 2.75) is 32.6 Å². The van der Waals surface area contributed by atoms with Gasteiger partial charge in [-0.2, -0.15) is 0 Å². The van der Waals surface area contributed by atoms with Crippen LogP contribution >= 0.6 is 0 Å². The molecule has 0 radical (unpaired) electrons. The Kier molecular flexibility index (Phi) is 76.1. The fourth-order valence-electron chi connectivity index (χ4n) is 10.00. The van der Waals surface area contributed by atoms with Crippen molar-refractivity contribution in [3.63, 3.8) is 0 Å². The summed E-state index contributed by atoms with van der Waals surface area (Å²) in [6, 6.07) is 0. The third-order valence-corrected chi connectivity index (χ3v) is 15.5. The number of nitrogens with zero attached hydrogens (tertiary/aromatic N) is 13. The van der Waals surface area contributed by atoms with Crippen molar-refractivity contribution in [3.8, 4) is 0 Å². The van der Waals surface area contributed by atoms with Gasteiger partial charge in [0.25, 0.3) is 0 Å². The molecule has 0 aromatic heterocycles. The highest BCUT2D eigenvalue weighted by molar-refractivity contribution is 4.73. The molecular weight excluding hydrogens is 1170 g/mol. The smallest absolute Gasteiger partial charge is 0.0271 e. The summed E-state index contributed by atoms with van der Waals surface area (Å²) in [5, 5.41) is 19.2. The van der Waals surface area contributed by atoms with E-state index in [2.05, 4.69) is 62.1 Å². The molecule has 34 nitrogen and oxygen atoms in total. The zero-order valence-electron chi connectivity index (χ0n) is 59.0. The number of rotatable bonds is 70. The Balaban J connectivity index is -0.00000132. The number of hydrazine groups is 5. The van der Waals surface area contributed by atoms with Crippen LogP contribution in [0.2, 0.25) is 0 Å². The van der Waals surface area contributed by atoms with Gasteiger partial charge in [-0.15, -0.1) is 0 Å². The van der Waals surface area contributed by atoms with E-state index in [9.17, 15) is 0 Å². The second-order valence-electron chi connectivity index (χ2n) is 23.5. The Bertz CT molecular complexity index is 1350. The van der Waals surface area contributed by atoms with Crippen LogP contribution in [0, 0.1) is 0 Å². The monoisotopic (exact) mass is 1330 g/mol. The van der Waals surface area contributed by atoms with Gasteiger partial charge in [0.1, 0.15) is 0 Å².